The van der Waals surface area contributed by atoms with Crippen molar-refractivity contribution in [1.29, 1.82) is 0 Å². The van der Waals surface area contributed by atoms with Gasteiger partial charge in [-0.3, -0.25) is 4.79 Å². The minimum atomic E-state index is -1.03. The van der Waals surface area contributed by atoms with E-state index in [1.54, 1.807) is 6.92 Å². The number of aromatic nitrogens is 2. The number of carboxylic acids is 1. The van der Waals surface area contributed by atoms with E-state index >= 15 is 0 Å². The molecule has 0 aliphatic rings. The Balaban J connectivity index is 2.74. The average molecular weight is 279 g/mol. The van der Waals surface area contributed by atoms with Gasteiger partial charge in [-0.1, -0.05) is 20.8 Å². The summed E-state index contributed by atoms with van der Waals surface area (Å²) in [5.41, 5.74) is 0.844. The van der Waals surface area contributed by atoms with Gasteiger partial charge in [0.1, 0.15) is 12.4 Å². The van der Waals surface area contributed by atoms with Crippen molar-refractivity contribution in [3.8, 4) is 0 Å². The molecule has 1 amide bonds. The molecule has 1 aromatic rings. The first-order valence-electron chi connectivity index (χ1n) is 6.51. The Morgan fingerprint density at radius 2 is 2.05 bits per heavy atom. The molecule has 0 radical (unpaired) electrons. The van der Waals surface area contributed by atoms with Crippen molar-refractivity contribution >= 4 is 11.9 Å². The lowest BCUT2D eigenvalue weighted by atomic mass is 9.88. The molecule has 0 bridgehead atoms. The Hall–Kier alpha value is -1.98. The second-order valence-corrected chi connectivity index (χ2v) is 5.99. The lowest BCUT2D eigenvalue weighted by molar-refractivity contribution is -0.139. The molecule has 1 rings (SSSR count). The van der Waals surface area contributed by atoms with Crippen LogP contribution in [0.1, 0.15) is 49.7 Å². The number of carboxylic acid groups (broad SMARTS) is 1. The molecule has 1 aromatic heterocycles. The summed E-state index contributed by atoms with van der Waals surface area (Å²) in [7, 11) is 0. The number of rotatable bonds is 5. The predicted molar refractivity (Wildman–Crippen MR) is 74.3 cm³/mol. The third-order valence-corrected chi connectivity index (χ3v) is 2.94. The fraction of sp³-hybridized carbons (Fsp3) is 0.571. The van der Waals surface area contributed by atoms with Crippen molar-refractivity contribution in [2.24, 2.45) is 5.41 Å². The highest BCUT2D eigenvalue weighted by molar-refractivity contribution is 5.97. The van der Waals surface area contributed by atoms with E-state index in [4.69, 9.17) is 0 Å². The lowest BCUT2D eigenvalue weighted by Crippen LogP contribution is -2.41. The van der Waals surface area contributed by atoms with Crippen molar-refractivity contribution in [3.63, 3.8) is 0 Å². The highest BCUT2D eigenvalue weighted by atomic mass is 16.4. The third-order valence-electron chi connectivity index (χ3n) is 2.94. The van der Waals surface area contributed by atoms with E-state index in [2.05, 4.69) is 15.3 Å². The molecule has 0 aliphatic carbocycles. The largest absolute Gasteiger partial charge is 0.480 e. The van der Waals surface area contributed by atoms with E-state index in [0.29, 0.717) is 24.1 Å². The monoisotopic (exact) mass is 279 g/mol. The molecule has 1 unspecified atom stereocenters. The Labute approximate surface area is 118 Å². The van der Waals surface area contributed by atoms with Crippen LogP contribution in [0.2, 0.25) is 0 Å². The zero-order valence-electron chi connectivity index (χ0n) is 12.3. The summed E-state index contributed by atoms with van der Waals surface area (Å²) in [6.07, 6.45) is 3.83. The number of hydrogen-bond acceptors (Lipinski definition) is 4. The first-order valence-corrected chi connectivity index (χ1v) is 6.51. The predicted octanol–water partition coefficient (Wildman–Crippen LogP) is 1.79. The summed E-state index contributed by atoms with van der Waals surface area (Å²) in [6.45, 7) is 7.77. The fourth-order valence-corrected chi connectivity index (χ4v) is 1.68. The van der Waals surface area contributed by atoms with Crippen molar-refractivity contribution < 1.29 is 14.7 Å². The van der Waals surface area contributed by atoms with E-state index in [0.717, 1.165) is 0 Å². The number of aryl methyl sites for hydroxylation is 1. The van der Waals surface area contributed by atoms with Crippen LogP contribution in [0.15, 0.2) is 12.5 Å². The molecule has 0 fully saturated rings. The number of aliphatic carboxylic acids is 1. The second-order valence-electron chi connectivity index (χ2n) is 5.99. The Bertz CT molecular complexity index is 495. The average Bonchev–Trinajstić information content (AvgIpc) is 2.33. The van der Waals surface area contributed by atoms with Gasteiger partial charge in [-0.25, -0.2) is 14.8 Å². The molecular formula is C14H21N3O3. The van der Waals surface area contributed by atoms with E-state index in [9.17, 15) is 14.7 Å². The maximum absolute atomic E-state index is 12.1. The Morgan fingerprint density at radius 3 is 2.55 bits per heavy atom. The van der Waals surface area contributed by atoms with Gasteiger partial charge in [-0.05, 0) is 25.2 Å². The third kappa shape index (κ3) is 4.95. The van der Waals surface area contributed by atoms with Crippen molar-refractivity contribution in [2.75, 3.05) is 0 Å². The van der Waals surface area contributed by atoms with E-state index in [-0.39, 0.29) is 5.41 Å². The summed E-state index contributed by atoms with van der Waals surface area (Å²) >= 11 is 0. The van der Waals surface area contributed by atoms with Crippen molar-refractivity contribution in [2.45, 2.75) is 46.6 Å². The molecule has 110 valence electrons. The number of carbonyl (C=O) groups is 2. The molecule has 2 N–H and O–H groups in total. The lowest BCUT2D eigenvalue weighted by Gasteiger charge is -2.21. The molecule has 0 aromatic carbocycles. The molecule has 6 heteroatoms. The van der Waals surface area contributed by atoms with Crippen LogP contribution in [0.5, 0.6) is 0 Å². The van der Waals surface area contributed by atoms with E-state index in [1.165, 1.54) is 12.5 Å². The van der Waals surface area contributed by atoms with Crippen molar-refractivity contribution in [3.05, 3.63) is 23.8 Å². The topological polar surface area (TPSA) is 92.2 Å². The normalized spacial score (nSPS) is 12.8. The van der Waals surface area contributed by atoms with Crippen LogP contribution < -0.4 is 5.32 Å². The Kier molecular flexibility index (Phi) is 5.19. The SMILES string of the molecule is Cc1ncncc1C(=O)NC(CCC(C)(C)C)C(=O)O. The van der Waals surface area contributed by atoms with E-state index < -0.39 is 17.9 Å². The van der Waals surface area contributed by atoms with Gasteiger partial charge in [0.05, 0.1) is 11.3 Å². The summed E-state index contributed by atoms with van der Waals surface area (Å²) in [6, 6.07) is -0.902. The van der Waals surface area contributed by atoms with Gasteiger partial charge < -0.3 is 10.4 Å². The smallest absolute Gasteiger partial charge is 0.326 e. The van der Waals surface area contributed by atoms with Gasteiger partial charge in [0.25, 0.3) is 5.91 Å². The molecule has 6 nitrogen and oxygen atoms in total. The maximum Gasteiger partial charge on any atom is 0.326 e. The van der Waals surface area contributed by atoms with Gasteiger partial charge in [0, 0.05) is 6.20 Å². The zero-order chi connectivity index (χ0) is 15.3. The summed E-state index contributed by atoms with van der Waals surface area (Å²) < 4.78 is 0. The number of hydrogen-bond donors (Lipinski definition) is 2. The number of amides is 1. The molecule has 1 heterocycles. The first kappa shape index (κ1) is 16.1. The minimum Gasteiger partial charge on any atom is -0.480 e. The molecule has 0 spiro atoms. The maximum atomic E-state index is 12.1. The highest BCUT2D eigenvalue weighted by Crippen LogP contribution is 2.21. The van der Waals surface area contributed by atoms with Gasteiger partial charge in [0.2, 0.25) is 0 Å². The number of carbonyl (C=O) groups excluding carboxylic acids is 1. The molecule has 0 saturated carbocycles. The van der Waals surface area contributed by atoms with Crippen LogP contribution in [0.25, 0.3) is 0 Å². The molecule has 1 atom stereocenters. The summed E-state index contributed by atoms with van der Waals surface area (Å²) in [4.78, 5) is 31.0. The van der Waals surface area contributed by atoms with Crippen LogP contribution in [0.3, 0.4) is 0 Å². The molecule has 0 aliphatic heterocycles. The summed E-state index contributed by atoms with van der Waals surface area (Å²) in [5, 5.41) is 11.7. The number of nitrogens with one attached hydrogen (secondary N) is 1. The van der Waals surface area contributed by atoms with Gasteiger partial charge in [-0.15, -0.1) is 0 Å². The zero-order valence-corrected chi connectivity index (χ0v) is 12.3. The Morgan fingerprint density at radius 1 is 1.40 bits per heavy atom. The molecule has 20 heavy (non-hydrogen) atoms. The van der Waals surface area contributed by atoms with Crippen LogP contribution in [0.4, 0.5) is 0 Å². The standard InChI is InChI=1S/C14H21N3O3/c1-9-10(7-15-8-16-9)12(18)17-11(13(19)20)5-6-14(2,3)4/h7-8,11H,5-6H2,1-4H3,(H,17,18)(H,19,20). The molecule has 0 saturated heterocycles. The van der Waals surface area contributed by atoms with Crippen molar-refractivity contribution in [1.82, 2.24) is 15.3 Å². The first-order chi connectivity index (χ1) is 9.20. The second kappa shape index (κ2) is 6.45. The van der Waals surface area contributed by atoms with Crippen LogP contribution >= 0.6 is 0 Å². The summed E-state index contributed by atoms with van der Waals surface area (Å²) in [5.74, 6) is -1.48. The minimum absolute atomic E-state index is 0.0181. The van der Waals surface area contributed by atoms with Crippen LogP contribution in [0, 0.1) is 12.3 Å². The highest BCUT2D eigenvalue weighted by Gasteiger charge is 2.24. The van der Waals surface area contributed by atoms with Crippen LogP contribution in [-0.2, 0) is 4.79 Å². The van der Waals surface area contributed by atoms with Gasteiger partial charge in [0.15, 0.2) is 0 Å². The van der Waals surface area contributed by atoms with Gasteiger partial charge in [-0.2, -0.15) is 0 Å². The van der Waals surface area contributed by atoms with Gasteiger partial charge >= 0.3 is 5.97 Å². The molecular weight excluding hydrogens is 258 g/mol. The van der Waals surface area contributed by atoms with Crippen LogP contribution in [-0.4, -0.2) is 33.0 Å². The fourth-order valence-electron chi connectivity index (χ4n) is 1.68. The quantitative estimate of drug-likeness (QED) is 0.857. The number of nitrogens with zero attached hydrogens (tertiary/aromatic N) is 2. The van der Waals surface area contributed by atoms with E-state index in [1.807, 2.05) is 20.8 Å².